The summed E-state index contributed by atoms with van der Waals surface area (Å²) < 4.78 is 0. The SMILES string of the molecule is CNc1n[nH]c2ncc(-c3ccc(CNc4ncc(C#N)nc4C(=O)O)cc3)cc12. The molecule has 0 saturated heterocycles. The molecule has 148 valence electrons. The third-order valence-corrected chi connectivity index (χ3v) is 4.49. The largest absolute Gasteiger partial charge is 0.476 e. The number of aromatic nitrogens is 5. The van der Waals surface area contributed by atoms with E-state index in [1.807, 2.05) is 30.3 Å². The zero-order valence-corrected chi connectivity index (χ0v) is 15.8. The van der Waals surface area contributed by atoms with Crippen LogP contribution in [0.3, 0.4) is 0 Å². The molecular weight excluding hydrogens is 384 g/mol. The zero-order chi connectivity index (χ0) is 21.1. The van der Waals surface area contributed by atoms with Crippen LogP contribution in [0.4, 0.5) is 11.6 Å². The lowest BCUT2D eigenvalue weighted by atomic mass is 10.0. The Balaban J connectivity index is 1.52. The molecule has 0 aliphatic heterocycles. The van der Waals surface area contributed by atoms with Crippen LogP contribution in [0.5, 0.6) is 0 Å². The van der Waals surface area contributed by atoms with Crippen LogP contribution in [-0.4, -0.2) is 43.3 Å². The molecule has 30 heavy (non-hydrogen) atoms. The highest BCUT2D eigenvalue weighted by molar-refractivity contribution is 5.91. The second kappa shape index (κ2) is 7.84. The quantitative estimate of drug-likeness (QED) is 0.382. The molecule has 0 unspecified atom stereocenters. The summed E-state index contributed by atoms with van der Waals surface area (Å²) in [6.45, 7) is 0.351. The summed E-state index contributed by atoms with van der Waals surface area (Å²) in [5, 5.41) is 32.1. The first-order valence-corrected chi connectivity index (χ1v) is 8.94. The second-order valence-electron chi connectivity index (χ2n) is 6.36. The van der Waals surface area contributed by atoms with Crippen molar-refractivity contribution in [2.24, 2.45) is 0 Å². The van der Waals surface area contributed by atoms with E-state index in [1.54, 1.807) is 19.3 Å². The lowest BCUT2D eigenvalue weighted by Gasteiger charge is -2.09. The number of fused-ring (bicyclic) bond motifs is 1. The van der Waals surface area contributed by atoms with Gasteiger partial charge in [-0.3, -0.25) is 5.10 Å². The number of pyridine rings is 1. The van der Waals surface area contributed by atoms with Crippen LogP contribution in [0.1, 0.15) is 21.7 Å². The molecule has 0 saturated carbocycles. The van der Waals surface area contributed by atoms with E-state index in [0.717, 1.165) is 27.9 Å². The minimum atomic E-state index is -1.25. The number of carboxylic acid groups (broad SMARTS) is 1. The predicted molar refractivity (Wildman–Crippen MR) is 110 cm³/mol. The number of benzene rings is 1. The van der Waals surface area contributed by atoms with E-state index in [-0.39, 0.29) is 17.2 Å². The predicted octanol–water partition coefficient (Wildman–Crippen LogP) is 2.64. The van der Waals surface area contributed by atoms with Gasteiger partial charge in [-0.1, -0.05) is 24.3 Å². The second-order valence-corrected chi connectivity index (χ2v) is 6.36. The first-order valence-electron chi connectivity index (χ1n) is 8.94. The lowest BCUT2D eigenvalue weighted by Crippen LogP contribution is -2.11. The average molecular weight is 400 g/mol. The molecule has 0 radical (unpaired) electrons. The maximum Gasteiger partial charge on any atom is 0.358 e. The minimum Gasteiger partial charge on any atom is -0.476 e. The number of aromatic amines is 1. The number of H-pyrrole nitrogens is 1. The maximum absolute atomic E-state index is 11.4. The number of nitriles is 1. The Morgan fingerprint density at radius 1 is 1.17 bits per heavy atom. The first kappa shape index (κ1) is 18.8. The van der Waals surface area contributed by atoms with Crippen molar-refractivity contribution in [3.05, 3.63) is 59.7 Å². The fourth-order valence-corrected chi connectivity index (χ4v) is 2.97. The Kier molecular flexibility index (Phi) is 4.92. The highest BCUT2D eigenvalue weighted by atomic mass is 16.4. The molecule has 0 fully saturated rings. The number of nitrogens with one attached hydrogen (secondary N) is 3. The average Bonchev–Trinajstić information content (AvgIpc) is 3.20. The summed E-state index contributed by atoms with van der Waals surface area (Å²) in [5.74, 6) is -0.404. The van der Waals surface area contributed by atoms with Crippen LogP contribution >= 0.6 is 0 Å². The van der Waals surface area contributed by atoms with Gasteiger partial charge in [0.15, 0.2) is 28.7 Å². The Bertz CT molecular complexity index is 1270. The number of carbonyl (C=O) groups is 1. The van der Waals surface area contributed by atoms with Crippen LogP contribution < -0.4 is 10.6 Å². The topological polar surface area (TPSA) is 152 Å². The Hall–Kier alpha value is -4.52. The number of aromatic carboxylic acids is 1. The summed E-state index contributed by atoms with van der Waals surface area (Å²) in [5.41, 5.74) is 3.24. The third-order valence-electron chi connectivity index (χ3n) is 4.49. The molecule has 3 heterocycles. The van der Waals surface area contributed by atoms with Crippen molar-refractivity contribution in [3.8, 4) is 17.2 Å². The summed E-state index contributed by atoms with van der Waals surface area (Å²) in [4.78, 5) is 23.5. The first-order chi connectivity index (χ1) is 14.6. The standard InChI is InChI=1S/C20H16N8O2/c1-22-17-15-6-13(9-24-18(15)28-27-17)12-4-2-11(3-5-12)8-23-19-16(20(29)30)26-14(7-21)10-25-19/h2-6,9-10H,8H2,1H3,(H,23,25)(H,29,30)(H2,22,24,27,28). The molecule has 1 aromatic carbocycles. The number of nitrogens with zero attached hydrogens (tertiary/aromatic N) is 5. The van der Waals surface area contributed by atoms with Gasteiger partial charge in [-0.25, -0.2) is 19.7 Å². The lowest BCUT2D eigenvalue weighted by molar-refractivity contribution is 0.0691. The van der Waals surface area contributed by atoms with Crippen molar-refractivity contribution in [2.75, 3.05) is 17.7 Å². The fraction of sp³-hybridized carbons (Fsp3) is 0.100. The fourth-order valence-electron chi connectivity index (χ4n) is 2.97. The van der Waals surface area contributed by atoms with Gasteiger partial charge >= 0.3 is 5.97 Å². The number of rotatable bonds is 6. The smallest absolute Gasteiger partial charge is 0.358 e. The Labute approximate surface area is 170 Å². The van der Waals surface area contributed by atoms with Gasteiger partial charge in [0.1, 0.15) is 6.07 Å². The molecule has 0 bridgehead atoms. The minimum absolute atomic E-state index is 0.0491. The van der Waals surface area contributed by atoms with Gasteiger partial charge in [-0.15, -0.1) is 0 Å². The van der Waals surface area contributed by atoms with Crippen LogP contribution in [-0.2, 0) is 6.54 Å². The molecule has 0 spiro atoms. The number of carboxylic acids is 1. The summed E-state index contributed by atoms with van der Waals surface area (Å²) in [6, 6.07) is 11.6. The molecule has 10 nitrogen and oxygen atoms in total. The number of anilines is 2. The molecule has 3 aromatic heterocycles. The van der Waals surface area contributed by atoms with E-state index in [4.69, 9.17) is 5.26 Å². The molecular formula is C20H16N8O2. The van der Waals surface area contributed by atoms with Crippen molar-refractivity contribution < 1.29 is 9.90 Å². The maximum atomic E-state index is 11.4. The zero-order valence-electron chi connectivity index (χ0n) is 15.8. The molecule has 4 aromatic rings. The summed E-state index contributed by atoms with van der Waals surface area (Å²) >= 11 is 0. The van der Waals surface area contributed by atoms with Gasteiger partial charge in [0.05, 0.1) is 11.6 Å². The monoisotopic (exact) mass is 400 g/mol. The van der Waals surface area contributed by atoms with Crippen molar-refractivity contribution in [3.63, 3.8) is 0 Å². The van der Waals surface area contributed by atoms with Crippen LogP contribution in [0.25, 0.3) is 22.2 Å². The Morgan fingerprint density at radius 3 is 2.67 bits per heavy atom. The molecule has 4 rings (SSSR count). The van der Waals surface area contributed by atoms with E-state index in [9.17, 15) is 9.90 Å². The van der Waals surface area contributed by atoms with Gasteiger partial charge in [0.2, 0.25) is 0 Å². The summed E-state index contributed by atoms with van der Waals surface area (Å²) in [6.07, 6.45) is 3.01. The molecule has 0 aliphatic rings. The highest BCUT2D eigenvalue weighted by Crippen LogP contribution is 2.26. The normalized spacial score (nSPS) is 10.5. The molecule has 10 heteroatoms. The van der Waals surface area contributed by atoms with Crippen LogP contribution in [0, 0.1) is 11.3 Å². The van der Waals surface area contributed by atoms with E-state index in [2.05, 4.69) is 35.8 Å². The van der Waals surface area contributed by atoms with Crippen LogP contribution in [0.2, 0.25) is 0 Å². The van der Waals surface area contributed by atoms with Gasteiger partial charge in [-0.2, -0.15) is 10.4 Å². The van der Waals surface area contributed by atoms with Crippen molar-refractivity contribution in [1.29, 1.82) is 5.26 Å². The third kappa shape index (κ3) is 3.59. The molecule has 0 amide bonds. The van der Waals surface area contributed by atoms with Gasteiger partial charge in [0.25, 0.3) is 0 Å². The van der Waals surface area contributed by atoms with E-state index >= 15 is 0 Å². The van der Waals surface area contributed by atoms with E-state index in [0.29, 0.717) is 12.2 Å². The van der Waals surface area contributed by atoms with Gasteiger partial charge < -0.3 is 15.7 Å². The Morgan fingerprint density at radius 2 is 1.97 bits per heavy atom. The molecule has 0 atom stereocenters. The van der Waals surface area contributed by atoms with Crippen LogP contribution in [0.15, 0.2) is 42.7 Å². The van der Waals surface area contributed by atoms with Gasteiger partial charge in [-0.05, 0) is 17.2 Å². The van der Waals surface area contributed by atoms with E-state index in [1.165, 1.54) is 6.20 Å². The van der Waals surface area contributed by atoms with Crippen molar-refractivity contribution >= 4 is 28.6 Å². The number of hydrogen-bond donors (Lipinski definition) is 4. The van der Waals surface area contributed by atoms with Gasteiger partial charge in [0, 0.05) is 25.4 Å². The summed E-state index contributed by atoms with van der Waals surface area (Å²) in [7, 11) is 1.80. The molecule has 0 aliphatic carbocycles. The number of hydrogen-bond acceptors (Lipinski definition) is 8. The van der Waals surface area contributed by atoms with Crippen molar-refractivity contribution in [2.45, 2.75) is 6.54 Å². The highest BCUT2D eigenvalue weighted by Gasteiger charge is 2.14. The van der Waals surface area contributed by atoms with Crippen molar-refractivity contribution in [1.82, 2.24) is 25.1 Å². The van der Waals surface area contributed by atoms with E-state index < -0.39 is 5.97 Å². The molecule has 4 N–H and O–H groups in total.